The van der Waals surface area contributed by atoms with E-state index in [-0.39, 0.29) is 30.1 Å². The first kappa shape index (κ1) is 20.1. The van der Waals surface area contributed by atoms with Crippen LogP contribution in [-0.2, 0) is 16.0 Å². The molecule has 0 radical (unpaired) electrons. The van der Waals surface area contributed by atoms with Crippen LogP contribution < -0.4 is 15.4 Å². The maximum absolute atomic E-state index is 12.4. The van der Waals surface area contributed by atoms with Gasteiger partial charge < -0.3 is 19.2 Å². The molecule has 0 aliphatic carbocycles. The second kappa shape index (κ2) is 9.55. The Morgan fingerprint density at radius 2 is 2.17 bits per heavy atom. The summed E-state index contributed by atoms with van der Waals surface area (Å²) in [7, 11) is 0. The van der Waals surface area contributed by atoms with Gasteiger partial charge in [0.05, 0.1) is 24.5 Å². The number of aromatic nitrogens is 1. The number of hydrogen-bond donors (Lipinski definition) is 2. The molecule has 0 bridgehead atoms. The Morgan fingerprint density at radius 3 is 2.97 bits per heavy atom. The van der Waals surface area contributed by atoms with Crippen LogP contribution in [0.15, 0.2) is 52.5 Å². The normalized spacial score (nSPS) is 15.7. The molecule has 1 aliphatic rings. The van der Waals surface area contributed by atoms with Crippen LogP contribution in [0.5, 0.6) is 5.75 Å². The Morgan fingerprint density at radius 1 is 1.23 bits per heavy atom. The van der Waals surface area contributed by atoms with Gasteiger partial charge in [-0.1, -0.05) is 6.07 Å². The Bertz CT molecular complexity index is 996. The molecule has 3 heterocycles. The van der Waals surface area contributed by atoms with E-state index in [9.17, 15) is 9.59 Å². The summed E-state index contributed by atoms with van der Waals surface area (Å²) in [5, 5.41) is 7.63. The summed E-state index contributed by atoms with van der Waals surface area (Å²) in [5.41, 5.74) is 1.21. The van der Waals surface area contributed by atoms with Gasteiger partial charge in [0.15, 0.2) is 10.9 Å². The van der Waals surface area contributed by atoms with Crippen LogP contribution in [-0.4, -0.2) is 36.1 Å². The summed E-state index contributed by atoms with van der Waals surface area (Å²) >= 11 is 1.25. The van der Waals surface area contributed by atoms with Crippen LogP contribution in [0.3, 0.4) is 0 Å². The fraction of sp³-hybridized carbons (Fsp3) is 0.286. The Labute approximate surface area is 177 Å². The second-order valence-electron chi connectivity index (χ2n) is 6.77. The third kappa shape index (κ3) is 5.46. The standard InChI is InChI=1S/C21H21N3O5S/c25-19(11-15-13-30-21(23-15)24-20(26)18-7-3-9-28-18)22-14-4-1-5-16(10-14)29-12-17-6-2-8-27-17/h1,3-5,7,9-10,13,17H,2,6,8,11-12H2,(H,22,25)(H,23,24,26)/t17-/m1/s1. The van der Waals surface area contributed by atoms with Gasteiger partial charge in [-0.2, -0.15) is 0 Å². The van der Waals surface area contributed by atoms with Crippen molar-refractivity contribution in [3.63, 3.8) is 0 Å². The average Bonchev–Trinajstić information content (AvgIpc) is 3.50. The zero-order valence-corrected chi connectivity index (χ0v) is 16.9. The van der Waals surface area contributed by atoms with Gasteiger partial charge in [0.2, 0.25) is 5.91 Å². The number of rotatable bonds is 8. The van der Waals surface area contributed by atoms with E-state index >= 15 is 0 Å². The summed E-state index contributed by atoms with van der Waals surface area (Å²) in [6, 6.07) is 10.4. The number of nitrogens with one attached hydrogen (secondary N) is 2. The molecule has 1 aliphatic heterocycles. The average molecular weight is 427 g/mol. The van der Waals surface area contributed by atoms with Gasteiger partial charge in [-0.05, 0) is 37.1 Å². The van der Waals surface area contributed by atoms with Gasteiger partial charge in [-0.15, -0.1) is 11.3 Å². The van der Waals surface area contributed by atoms with Crippen LogP contribution in [0.1, 0.15) is 29.1 Å². The Kier molecular flexibility index (Phi) is 6.41. The fourth-order valence-corrected chi connectivity index (χ4v) is 3.72. The number of thiazole rings is 1. The number of carbonyl (C=O) groups is 2. The van der Waals surface area contributed by atoms with Gasteiger partial charge in [0, 0.05) is 23.7 Å². The highest BCUT2D eigenvalue weighted by molar-refractivity contribution is 7.14. The van der Waals surface area contributed by atoms with E-state index in [1.807, 2.05) is 12.1 Å². The van der Waals surface area contributed by atoms with E-state index in [4.69, 9.17) is 13.9 Å². The zero-order valence-electron chi connectivity index (χ0n) is 16.1. The van der Waals surface area contributed by atoms with E-state index in [0.717, 1.165) is 19.4 Å². The smallest absolute Gasteiger partial charge is 0.293 e. The van der Waals surface area contributed by atoms with Crippen molar-refractivity contribution in [2.45, 2.75) is 25.4 Å². The number of benzene rings is 1. The third-order valence-corrected chi connectivity index (χ3v) is 5.24. The van der Waals surface area contributed by atoms with E-state index < -0.39 is 0 Å². The van der Waals surface area contributed by atoms with Gasteiger partial charge >= 0.3 is 0 Å². The van der Waals surface area contributed by atoms with E-state index in [0.29, 0.717) is 28.9 Å². The molecule has 1 fully saturated rings. The predicted molar refractivity (Wildman–Crippen MR) is 112 cm³/mol. The third-order valence-electron chi connectivity index (χ3n) is 4.44. The van der Waals surface area contributed by atoms with Crippen molar-refractivity contribution in [2.75, 3.05) is 23.8 Å². The molecule has 2 aromatic heterocycles. The van der Waals surface area contributed by atoms with Crippen molar-refractivity contribution < 1.29 is 23.5 Å². The molecule has 3 aromatic rings. The topological polar surface area (TPSA) is 103 Å². The highest BCUT2D eigenvalue weighted by atomic mass is 32.1. The van der Waals surface area contributed by atoms with Crippen molar-refractivity contribution in [3.8, 4) is 5.75 Å². The van der Waals surface area contributed by atoms with E-state index in [1.165, 1.54) is 17.6 Å². The van der Waals surface area contributed by atoms with Crippen LogP contribution in [0.2, 0.25) is 0 Å². The van der Waals surface area contributed by atoms with Crippen molar-refractivity contribution in [1.82, 2.24) is 4.98 Å². The lowest BCUT2D eigenvalue weighted by Crippen LogP contribution is -2.17. The molecule has 4 rings (SSSR count). The highest BCUT2D eigenvalue weighted by Crippen LogP contribution is 2.21. The monoisotopic (exact) mass is 427 g/mol. The molecular weight excluding hydrogens is 406 g/mol. The van der Waals surface area contributed by atoms with Crippen molar-refractivity contribution in [2.24, 2.45) is 0 Å². The quantitative estimate of drug-likeness (QED) is 0.568. The van der Waals surface area contributed by atoms with Crippen LogP contribution in [0.25, 0.3) is 0 Å². The number of carbonyl (C=O) groups excluding carboxylic acids is 2. The highest BCUT2D eigenvalue weighted by Gasteiger charge is 2.16. The first-order chi connectivity index (χ1) is 14.7. The fourth-order valence-electron chi connectivity index (χ4n) is 3.01. The SMILES string of the molecule is O=C(Cc1csc(NC(=O)c2ccco2)n1)Nc1cccc(OC[C@H]2CCCO2)c1. The number of hydrogen-bond acceptors (Lipinski definition) is 7. The van der Waals surface area contributed by atoms with Crippen molar-refractivity contribution in [3.05, 3.63) is 59.5 Å². The minimum absolute atomic E-state index is 0.0914. The lowest BCUT2D eigenvalue weighted by molar-refractivity contribution is -0.115. The summed E-state index contributed by atoms with van der Waals surface area (Å²) in [4.78, 5) is 28.6. The maximum Gasteiger partial charge on any atom is 0.293 e. The lowest BCUT2D eigenvalue weighted by atomic mass is 10.2. The minimum atomic E-state index is -0.384. The number of furan rings is 1. The summed E-state index contributed by atoms with van der Waals surface area (Å²) in [6.07, 6.45) is 3.72. The van der Waals surface area contributed by atoms with Gasteiger partial charge in [-0.25, -0.2) is 4.98 Å². The van der Waals surface area contributed by atoms with Gasteiger partial charge in [-0.3, -0.25) is 14.9 Å². The first-order valence-corrected chi connectivity index (χ1v) is 10.5. The number of anilines is 2. The largest absolute Gasteiger partial charge is 0.491 e. The first-order valence-electron chi connectivity index (χ1n) is 9.59. The van der Waals surface area contributed by atoms with Crippen molar-refractivity contribution in [1.29, 1.82) is 0 Å². The molecule has 30 heavy (non-hydrogen) atoms. The van der Waals surface area contributed by atoms with Gasteiger partial charge in [0.25, 0.3) is 5.91 Å². The van der Waals surface area contributed by atoms with Crippen LogP contribution >= 0.6 is 11.3 Å². The van der Waals surface area contributed by atoms with Crippen LogP contribution in [0.4, 0.5) is 10.8 Å². The van der Waals surface area contributed by atoms with Gasteiger partial charge in [0.1, 0.15) is 12.4 Å². The molecule has 1 aromatic carbocycles. The lowest BCUT2D eigenvalue weighted by Gasteiger charge is -2.12. The predicted octanol–water partition coefficient (Wildman–Crippen LogP) is 3.73. The number of amides is 2. The zero-order chi connectivity index (χ0) is 20.8. The Balaban J connectivity index is 1.28. The molecule has 0 saturated carbocycles. The molecule has 1 atom stereocenters. The molecule has 0 spiro atoms. The minimum Gasteiger partial charge on any atom is -0.491 e. The molecule has 9 heteroatoms. The number of ether oxygens (including phenoxy) is 2. The maximum atomic E-state index is 12.4. The molecule has 156 valence electrons. The second-order valence-corrected chi connectivity index (χ2v) is 7.63. The summed E-state index contributed by atoms with van der Waals surface area (Å²) < 4.78 is 16.4. The molecule has 2 N–H and O–H groups in total. The molecule has 0 unspecified atom stereocenters. The van der Waals surface area contributed by atoms with E-state index in [2.05, 4.69) is 15.6 Å². The molecule has 1 saturated heterocycles. The summed E-state index contributed by atoms with van der Waals surface area (Å²) in [5.74, 6) is 0.289. The van der Waals surface area contributed by atoms with Crippen molar-refractivity contribution >= 4 is 34.0 Å². The number of nitrogens with zero attached hydrogens (tertiary/aromatic N) is 1. The Hall–Kier alpha value is -3.17. The molecule has 8 nitrogen and oxygen atoms in total. The summed E-state index contributed by atoms with van der Waals surface area (Å²) in [6.45, 7) is 1.29. The van der Waals surface area contributed by atoms with E-state index in [1.54, 1.807) is 29.6 Å². The van der Waals surface area contributed by atoms with Crippen LogP contribution in [0, 0.1) is 0 Å². The molecular formula is C21H21N3O5S. The molecule has 2 amide bonds.